The van der Waals surface area contributed by atoms with Crippen LogP contribution in [0.5, 0.6) is 0 Å². The van der Waals surface area contributed by atoms with Crippen molar-refractivity contribution in [3.8, 4) is 0 Å². The summed E-state index contributed by atoms with van der Waals surface area (Å²) in [7, 11) is 0. The number of esters is 5. The zero-order valence-corrected chi connectivity index (χ0v) is 23.5. The molecule has 0 atom stereocenters. The van der Waals surface area contributed by atoms with E-state index in [0.29, 0.717) is 17.3 Å². The van der Waals surface area contributed by atoms with Crippen LogP contribution in [0.1, 0.15) is 25.7 Å². The second-order valence-corrected chi connectivity index (χ2v) is 10.4. The number of hydrogen-bond donors (Lipinski definition) is 0. The summed E-state index contributed by atoms with van der Waals surface area (Å²) in [6.45, 7) is 1.79. The maximum Gasteiger partial charge on any atom is 0.330 e. The average molecular weight is 569 g/mol. The minimum Gasteiger partial charge on any atom is -0.465 e. The van der Waals surface area contributed by atoms with Crippen LogP contribution >= 0.6 is 35.3 Å². The first-order valence-corrected chi connectivity index (χ1v) is 15.3. The van der Waals surface area contributed by atoms with Crippen LogP contribution in [0.3, 0.4) is 0 Å². The van der Waals surface area contributed by atoms with E-state index in [1.165, 1.54) is 35.3 Å². The van der Waals surface area contributed by atoms with Crippen molar-refractivity contribution in [2.45, 2.75) is 25.7 Å². The summed E-state index contributed by atoms with van der Waals surface area (Å²) in [4.78, 5) is 59.8. The zero-order chi connectivity index (χ0) is 27.2. The second kappa shape index (κ2) is 21.2. The Labute approximate surface area is 225 Å². The molecule has 0 unspecified atom stereocenters. The van der Waals surface area contributed by atoms with Crippen molar-refractivity contribution in [1.82, 2.24) is 0 Å². The molecular weight excluding hydrogens is 532 g/mol. The molecule has 10 nitrogen and oxygen atoms in total. The lowest BCUT2D eigenvalue weighted by molar-refractivity contribution is -0.170. The van der Waals surface area contributed by atoms with Crippen molar-refractivity contribution >= 4 is 65.1 Å². The Hall–Kier alpha value is -1.86. The SMILES string of the molecule is C=CC(=O)OCCC(=O)OCC(COC(=O)CCSC)(COC(=O)CCSC)COC(=O)CCSC. The molecule has 0 saturated heterocycles. The normalized spacial score (nSPS) is 10.8. The molecule has 0 fully saturated rings. The van der Waals surface area contributed by atoms with Gasteiger partial charge in [0.25, 0.3) is 0 Å². The lowest BCUT2D eigenvalue weighted by atomic mass is 9.92. The first-order valence-electron chi connectivity index (χ1n) is 11.1. The topological polar surface area (TPSA) is 132 Å². The van der Waals surface area contributed by atoms with Crippen LogP contribution < -0.4 is 0 Å². The molecule has 0 heterocycles. The highest BCUT2D eigenvalue weighted by Crippen LogP contribution is 2.23. The number of rotatable bonds is 21. The maximum atomic E-state index is 12.2. The van der Waals surface area contributed by atoms with Gasteiger partial charge in [-0.3, -0.25) is 19.2 Å². The van der Waals surface area contributed by atoms with E-state index in [9.17, 15) is 24.0 Å². The van der Waals surface area contributed by atoms with Gasteiger partial charge in [0.1, 0.15) is 38.4 Å². The van der Waals surface area contributed by atoms with Gasteiger partial charge in [0.05, 0.1) is 25.7 Å². The molecule has 0 N–H and O–H groups in total. The van der Waals surface area contributed by atoms with Gasteiger partial charge in [-0.1, -0.05) is 6.58 Å². The van der Waals surface area contributed by atoms with Gasteiger partial charge in [-0.25, -0.2) is 4.79 Å². The standard InChI is InChI=1S/C23H36O10S3/c1-5-18(24)29-10-6-19(25)30-14-23(15-31-20(26)7-11-34-2,16-32-21(27)8-12-35-3)17-33-22(28)9-13-36-4/h5H,1,6-17H2,2-4H3. The highest BCUT2D eigenvalue weighted by molar-refractivity contribution is 7.99. The van der Waals surface area contributed by atoms with Gasteiger partial charge in [0.2, 0.25) is 0 Å². The van der Waals surface area contributed by atoms with E-state index in [1.807, 2.05) is 18.8 Å². The van der Waals surface area contributed by atoms with Crippen LogP contribution in [-0.2, 0) is 47.7 Å². The summed E-state index contributed by atoms with van der Waals surface area (Å²) >= 11 is 4.43. The van der Waals surface area contributed by atoms with Crippen LogP contribution in [0.15, 0.2) is 12.7 Å². The lowest BCUT2D eigenvalue weighted by Gasteiger charge is -2.31. The second-order valence-electron chi connectivity index (χ2n) is 7.49. The van der Waals surface area contributed by atoms with Gasteiger partial charge < -0.3 is 23.7 Å². The molecule has 0 aliphatic rings. The van der Waals surface area contributed by atoms with E-state index in [2.05, 4.69) is 6.58 Å². The minimum atomic E-state index is -1.31. The molecule has 0 radical (unpaired) electrons. The fraction of sp³-hybridized carbons (Fsp3) is 0.696. The molecule has 0 aliphatic carbocycles. The fourth-order valence-electron chi connectivity index (χ4n) is 2.32. The summed E-state index contributed by atoms with van der Waals surface area (Å²) in [6, 6.07) is 0. The number of ether oxygens (including phenoxy) is 5. The summed E-state index contributed by atoms with van der Waals surface area (Å²) in [6.07, 6.45) is 6.78. The minimum absolute atomic E-state index is 0.159. The van der Waals surface area contributed by atoms with Crippen molar-refractivity contribution < 1.29 is 47.7 Å². The molecule has 0 amide bonds. The predicted octanol–water partition coefficient (Wildman–Crippen LogP) is 2.52. The molecule has 0 rings (SSSR count). The van der Waals surface area contributed by atoms with Crippen molar-refractivity contribution in [2.24, 2.45) is 5.41 Å². The van der Waals surface area contributed by atoms with E-state index >= 15 is 0 Å². The van der Waals surface area contributed by atoms with E-state index in [4.69, 9.17) is 23.7 Å². The summed E-state index contributed by atoms with van der Waals surface area (Å²) in [5, 5.41) is 0. The van der Waals surface area contributed by atoms with Gasteiger partial charge in [0.15, 0.2) is 0 Å². The first-order chi connectivity index (χ1) is 17.2. The average Bonchev–Trinajstić information content (AvgIpc) is 2.88. The number of carbonyl (C=O) groups excluding carboxylic acids is 5. The number of carbonyl (C=O) groups is 5. The molecule has 36 heavy (non-hydrogen) atoms. The third kappa shape index (κ3) is 17.6. The van der Waals surface area contributed by atoms with Gasteiger partial charge in [-0.2, -0.15) is 35.3 Å². The molecule has 0 aromatic carbocycles. The van der Waals surface area contributed by atoms with Crippen molar-refractivity contribution in [3.05, 3.63) is 12.7 Å². The summed E-state index contributed by atoms with van der Waals surface area (Å²) in [5.41, 5.74) is -1.31. The van der Waals surface area contributed by atoms with Crippen LogP contribution in [0.2, 0.25) is 0 Å². The molecular formula is C23H36O10S3. The van der Waals surface area contributed by atoms with Gasteiger partial charge in [-0.15, -0.1) is 0 Å². The van der Waals surface area contributed by atoms with Crippen molar-refractivity contribution in [3.63, 3.8) is 0 Å². The van der Waals surface area contributed by atoms with Gasteiger partial charge in [-0.05, 0) is 18.8 Å². The molecule has 0 bridgehead atoms. The Morgan fingerprint density at radius 1 is 0.611 bits per heavy atom. The fourth-order valence-corrected chi connectivity index (χ4v) is 3.44. The first kappa shape index (κ1) is 34.1. The van der Waals surface area contributed by atoms with E-state index in [0.717, 1.165) is 6.08 Å². The predicted molar refractivity (Wildman–Crippen MR) is 141 cm³/mol. The van der Waals surface area contributed by atoms with E-state index < -0.39 is 35.3 Å². The highest BCUT2D eigenvalue weighted by atomic mass is 32.2. The number of thioether (sulfide) groups is 3. The molecule has 206 valence electrons. The Bertz CT molecular complexity index is 654. The molecule has 13 heteroatoms. The Balaban J connectivity index is 5.46. The quantitative estimate of drug-likeness (QED) is 0.114. The molecule has 0 aromatic rings. The van der Waals surface area contributed by atoms with Gasteiger partial charge >= 0.3 is 29.8 Å². The van der Waals surface area contributed by atoms with E-state index in [-0.39, 0.29) is 58.7 Å². The van der Waals surface area contributed by atoms with Crippen molar-refractivity contribution in [2.75, 3.05) is 69.1 Å². The Morgan fingerprint density at radius 2 is 0.944 bits per heavy atom. The third-order valence-electron chi connectivity index (χ3n) is 4.41. The van der Waals surface area contributed by atoms with Crippen LogP contribution in [0.4, 0.5) is 0 Å². The summed E-state index contributed by atoms with van der Waals surface area (Å²) < 4.78 is 26.2. The third-order valence-corrected chi connectivity index (χ3v) is 6.24. The highest BCUT2D eigenvalue weighted by Gasteiger charge is 2.38. The van der Waals surface area contributed by atoms with Gasteiger partial charge in [0, 0.05) is 23.3 Å². The smallest absolute Gasteiger partial charge is 0.330 e. The van der Waals surface area contributed by atoms with Crippen LogP contribution in [0.25, 0.3) is 0 Å². The number of hydrogen-bond acceptors (Lipinski definition) is 13. The van der Waals surface area contributed by atoms with Crippen molar-refractivity contribution in [1.29, 1.82) is 0 Å². The molecule has 0 spiro atoms. The Kier molecular flexibility index (Phi) is 20.1. The largest absolute Gasteiger partial charge is 0.465 e. The maximum absolute atomic E-state index is 12.2. The van der Waals surface area contributed by atoms with Crippen LogP contribution in [0, 0.1) is 5.41 Å². The van der Waals surface area contributed by atoms with E-state index in [1.54, 1.807) is 0 Å². The molecule has 0 saturated carbocycles. The molecule has 0 aliphatic heterocycles. The monoisotopic (exact) mass is 568 g/mol. The zero-order valence-electron chi connectivity index (χ0n) is 21.1. The Morgan fingerprint density at radius 3 is 1.25 bits per heavy atom. The summed E-state index contributed by atoms with van der Waals surface area (Å²) in [5.74, 6) is -1.18. The van der Waals surface area contributed by atoms with Crippen LogP contribution in [-0.4, -0.2) is 98.9 Å². The lowest BCUT2D eigenvalue weighted by Crippen LogP contribution is -2.44. The molecule has 0 aromatic heterocycles.